The highest BCUT2D eigenvalue weighted by Crippen LogP contribution is 2.33. The number of hydrogen-bond acceptors (Lipinski definition) is 5. The first kappa shape index (κ1) is 16.2. The standard InChI is InChI=1S/C14H14F2N2O3S/c1-2-10(13-4-3-7-22-13)17-9-5-6-11(18(19)20)12(8-9)21-14(15)16/h3-8,10,14,17H,2H2,1H3. The van der Waals surface area contributed by atoms with E-state index in [1.807, 2.05) is 24.4 Å². The Hall–Kier alpha value is -2.22. The Kier molecular flexibility index (Phi) is 5.26. The van der Waals surface area contributed by atoms with Crippen LogP contribution in [0.15, 0.2) is 35.7 Å². The SMILES string of the molecule is CCC(Nc1ccc([N+](=O)[O-])c(OC(F)F)c1)c1cccs1. The quantitative estimate of drug-likeness (QED) is 0.584. The maximum absolute atomic E-state index is 12.4. The third kappa shape index (κ3) is 3.91. The van der Waals surface area contributed by atoms with E-state index in [0.717, 1.165) is 17.4 Å². The number of hydrogen-bond donors (Lipinski definition) is 1. The molecule has 0 aliphatic rings. The van der Waals surface area contributed by atoms with E-state index in [2.05, 4.69) is 10.1 Å². The molecule has 5 nitrogen and oxygen atoms in total. The zero-order chi connectivity index (χ0) is 16.1. The van der Waals surface area contributed by atoms with Gasteiger partial charge in [-0.25, -0.2) is 0 Å². The number of rotatable bonds is 7. The van der Waals surface area contributed by atoms with E-state index < -0.39 is 23.0 Å². The summed E-state index contributed by atoms with van der Waals surface area (Å²) in [5.41, 5.74) is -0.00322. The summed E-state index contributed by atoms with van der Waals surface area (Å²) in [6.45, 7) is -1.13. The number of nitrogens with one attached hydrogen (secondary N) is 1. The van der Waals surface area contributed by atoms with Crippen molar-refractivity contribution in [2.75, 3.05) is 5.32 Å². The molecule has 2 aromatic rings. The lowest BCUT2D eigenvalue weighted by Gasteiger charge is -2.17. The zero-order valence-electron chi connectivity index (χ0n) is 11.7. The number of anilines is 1. The number of halogens is 2. The van der Waals surface area contributed by atoms with Crippen molar-refractivity contribution in [2.45, 2.75) is 26.0 Å². The fourth-order valence-electron chi connectivity index (χ4n) is 2.01. The van der Waals surface area contributed by atoms with Crippen LogP contribution in [0.3, 0.4) is 0 Å². The van der Waals surface area contributed by atoms with Gasteiger partial charge in [-0.2, -0.15) is 8.78 Å². The van der Waals surface area contributed by atoms with Gasteiger partial charge in [-0.3, -0.25) is 10.1 Å². The molecule has 1 aromatic carbocycles. The summed E-state index contributed by atoms with van der Waals surface area (Å²) in [4.78, 5) is 11.2. The number of ether oxygens (including phenoxy) is 1. The predicted octanol–water partition coefficient (Wildman–Crippen LogP) is 4.82. The minimum absolute atomic E-state index is 0.000793. The molecule has 1 unspecified atom stereocenters. The maximum atomic E-state index is 12.4. The highest BCUT2D eigenvalue weighted by molar-refractivity contribution is 7.10. The number of thiophene rings is 1. The molecule has 2 rings (SSSR count). The van der Waals surface area contributed by atoms with Crippen LogP contribution in [0.1, 0.15) is 24.3 Å². The second-order valence-corrected chi connectivity index (χ2v) is 5.42. The molecule has 0 saturated heterocycles. The number of nitrogens with zero attached hydrogens (tertiary/aromatic N) is 1. The van der Waals surface area contributed by atoms with Gasteiger partial charge in [0.15, 0.2) is 0 Å². The van der Waals surface area contributed by atoms with E-state index in [-0.39, 0.29) is 6.04 Å². The normalized spacial score (nSPS) is 12.2. The molecule has 0 aliphatic carbocycles. The van der Waals surface area contributed by atoms with Gasteiger partial charge in [0, 0.05) is 22.7 Å². The second kappa shape index (κ2) is 7.17. The Bertz CT molecular complexity index is 635. The van der Waals surface area contributed by atoms with Gasteiger partial charge in [0.05, 0.1) is 11.0 Å². The van der Waals surface area contributed by atoms with Crippen molar-refractivity contribution in [3.63, 3.8) is 0 Å². The van der Waals surface area contributed by atoms with Crippen LogP contribution >= 0.6 is 11.3 Å². The fourth-order valence-corrected chi connectivity index (χ4v) is 2.87. The Morgan fingerprint density at radius 1 is 1.41 bits per heavy atom. The van der Waals surface area contributed by atoms with Gasteiger partial charge < -0.3 is 10.1 Å². The topological polar surface area (TPSA) is 64.4 Å². The van der Waals surface area contributed by atoms with E-state index >= 15 is 0 Å². The third-order valence-electron chi connectivity index (χ3n) is 3.01. The molecular weight excluding hydrogens is 314 g/mol. The van der Waals surface area contributed by atoms with Crippen LogP contribution in [0, 0.1) is 10.1 Å². The van der Waals surface area contributed by atoms with Gasteiger partial charge in [-0.1, -0.05) is 13.0 Å². The summed E-state index contributed by atoms with van der Waals surface area (Å²) in [7, 11) is 0. The van der Waals surface area contributed by atoms with Gasteiger partial charge in [0.25, 0.3) is 0 Å². The molecule has 1 heterocycles. The van der Waals surface area contributed by atoms with Crippen LogP contribution in [-0.2, 0) is 0 Å². The molecule has 1 atom stereocenters. The van der Waals surface area contributed by atoms with E-state index in [1.165, 1.54) is 12.1 Å². The Morgan fingerprint density at radius 2 is 2.18 bits per heavy atom. The fraction of sp³-hybridized carbons (Fsp3) is 0.286. The predicted molar refractivity (Wildman–Crippen MR) is 80.7 cm³/mol. The Balaban J connectivity index is 2.25. The molecule has 0 spiro atoms. The van der Waals surface area contributed by atoms with Gasteiger partial charge >= 0.3 is 12.3 Å². The molecule has 1 N–H and O–H groups in total. The molecule has 118 valence electrons. The van der Waals surface area contributed by atoms with E-state index in [9.17, 15) is 18.9 Å². The van der Waals surface area contributed by atoms with Crippen molar-refractivity contribution >= 4 is 22.7 Å². The van der Waals surface area contributed by atoms with Crippen molar-refractivity contribution in [1.29, 1.82) is 0 Å². The summed E-state index contributed by atoms with van der Waals surface area (Å²) in [5.74, 6) is -0.453. The van der Waals surface area contributed by atoms with Crippen molar-refractivity contribution in [3.05, 3.63) is 50.7 Å². The van der Waals surface area contributed by atoms with Crippen LogP contribution in [0.5, 0.6) is 5.75 Å². The van der Waals surface area contributed by atoms with Crippen molar-refractivity contribution in [3.8, 4) is 5.75 Å². The Morgan fingerprint density at radius 3 is 2.73 bits per heavy atom. The number of alkyl halides is 2. The van der Waals surface area contributed by atoms with Crippen LogP contribution in [-0.4, -0.2) is 11.5 Å². The Labute approximate surface area is 129 Å². The van der Waals surface area contributed by atoms with Crippen LogP contribution in [0.25, 0.3) is 0 Å². The van der Waals surface area contributed by atoms with Gasteiger partial charge in [0.1, 0.15) is 0 Å². The van der Waals surface area contributed by atoms with Crippen LogP contribution in [0.2, 0.25) is 0 Å². The van der Waals surface area contributed by atoms with Crippen LogP contribution < -0.4 is 10.1 Å². The molecule has 1 aromatic heterocycles. The highest BCUT2D eigenvalue weighted by atomic mass is 32.1. The summed E-state index contributed by atoms with van der Waals surface area (Å²) in [6.07, 6.45) is 0.780. The zero-order valence-corrected chi connectivity index (χ0v) is 12.5. The minimum atomic E-state index is -3.12. The molecule has 8 heteroatoms. The van der Waals surface area contributed by atoms with Crippen molar-refractivity contribution in [1.82, 2.24) is 0 Å². The highest BCUT2D eigenvalue weighted by Gasteiger charge is 2.20. The first-order valence-electron chi connectivity index (χ1n) is 6.54. The van der Waals surface area contributed by atoms with E-state index in [4.69, 9.17) is 0 Å². The van der Waals surface area contributed by atoms with Gasteiger partial charge in [-0.05, 0) is 23.9 Å². The summed E-state index contributed by atoms with van der Waals surface area (Å²) >= 11 is 1.58. The lowest BCUT2D eigenvalue weighted by Crippen LogP contribution is -2.09. The average Bonchev–Trinajstić information content (AvgIpc) is 2.98. The first-order chi connectivity index (χ1) is 10.5. The number of nitro groups is 1. The van der Waals surface area contributed by atoms with Crippen molar-refractivity contribution < 1.29 is 18.4 Å². The number of nitro benzene ring substituents is 1. The lowest BCUT2D eigenvalue weighted by atomic mass is 10.1. The van der Waals surface area contributed by atoms with E-state index in [0.29, 0.717) is 5.69 Å². The molecule has 0 bridgehead atoms. The average molecular weight is 328 g/mol. The monoisotopic (exact) mass is 328 g/mol. The maximum Gasteiger partial charge on any atom is 0.387 e. The molecule has 0 fully saturated rings. The number of benzene rings is 1. The molecule has 0 amide bonds. The molecule has 0 saturated carbocycles. The van der Waals surface area contributed by atoms with E-state index in [1.54, 1.807) is 11.3 Å². The molecule has 22 heavy (non-hydrogen) atoms. The molecular formula is C14H14F2N2O3S. The lowest BCUT2D eigenvalue weighted by molar-refractivity contribution is -0.386. The summed E-state index contributed by atoms with van der Waals surface area (Å²) in [6, 6.07) is 7.74. The van der Waals surface area contributed by atoms with Gasteiger partial charge in [0.2, 0.25) is 5.75 Å². The van der Waals surface area contributed by atoms with Gasteiger partial charge in [-0.15, -0.1) is 11.3 Å². The summed E-state index contributed by atoms with van der Waals surface area (Å²) in [5, 5.41) is 16.0. The van der Waals surface area contributed by atoms with Crippen molar-refractivity contribution in [2.24, 2.45) is 0 Å². The smallest absolute Gasteiger partial charge is 0.387 e. The first-order valence-corrected chi connectivity index (χ1v) is 7.42. The summed E-state index contributed by atoms with van der Waals surface area (Å²) < 4.78 is 29.0. The largest absolute Gasteiger partial charge is 0.427 e. The minimum Gasteiger partial charge on any atom is -0.427 e. The second-order valence-electron chi connectivity index (χ2n) is 4.44. The third-order valence-corrected chi connectivity index (χ3v) is 3.99. The molecule has 0 radical (unpaired) electrons. The molecule has 0 aliphatic heterocycles. The van der Waals surface area contributed by atoms with Crippen LogP contribution in [0.4, 0.5) is 20.2 Å².